The quantitative estimate of drug-likeness (QED) is 0.772. The molecule has 1 rings (SSSR count). The monoisotopic (exact) mass is 237 g/mol. The van der Waals surface area contributed by atoms with Gasteiger partial charge in [-0.25, -0.2) is 0 Å². The van der Waals surface area contributed by atoms with E-state index in [-0.39, 0.29) is 5.54 Å². The van der Waals surface area contributed by atoms with Gasteiger partial charge in [-0.15, -0.1) is 11.3 Å². The second-order valence-electron chi connectivity index (χ2n) is 5.24. The first-order chi connectivity index (χ1) is 7.40. The Kier molecular flexibility index (Phi) is 4.75. The third-order valence-corrected chi connectivity index (χ3v) is 3.38. The molecule has 0 saturated carbocycles. The topological polar surface area (TPSA) is 12.0 Å². The lowest BCUT2D eigenvalue weighted by molar-refractivity contribution is 0.431. The molecular weight excluding hydrogens is 214 g/mol. The molecule has 0 bridgehead atoms. The van der Waals surface area contributed by atoms with Crippen molar-refractivity contribution in [2.45, 2.75) is 46.6 Å². The Balaban J connectivity index is 2.44. The minimum absolute atomic E-state index is 0.222. The zero-order valence-corrected chi connectivity index (χ0v) is 11.9. The number of nitrogens with one attached hydrogen (secondary N) is 1. The van der Waals surface area contributed by atoms with Crippen LogP contribution in [0, 0.1) is 6.92 Å². The van der Waals surface area contributed by atoms with Crippen LogP contribution in [0.4, 0.5) is 0 Å². The highest BCUT2D eigenvalue weighted by molar-refractivity contribution is 7.10. The van der Waals surface area contributed by atoms with Gasteiger partial charge < -0.3 is 5.32 Å². The van der Waals surface area contributed by atoms with E-state index in [2.05, 4.69) is 57.5 Å². The van der Waals surface area contributed by atoms with Crippen LogP contribution in [0.5, 0.6) is 0 Å². The number of aryl methyl sites for hydroxylation is 1. The maximum atomic E-state index is 3.50. The van der Waals surface area contributed by atoms with Crippen LogP contribution in [0.25, 0.3) is 5.57 Å². The van der Waals surface area contributed by atoms with E-state index in [0.29, 0.717) is 0 Å². The summed E-state index contributed by atoms with van der Waals surface area (Å²) in [5, 5.41) is 5.66. The Hall–Kier alpha value is -0.600. The van der Waals surface area contributed by atoms with E-state index in [4.69, 9.17) is 0 Å². The van der Waals surface area contributed by atoms with Gasteiger partial charge in [0.05, 0.1) is 0 Å². The minimum atomic E-state index is 0.222. The summed E-state index contributed by atoms with van der Waals surface area (Å²) >= 11 is 1.82. The summed E-state index contributed by atoms with van der Waals surface area (Å²) in [5.41, 5.74) is 3.02. The van der Waals surface area contributed by atoms with E-state index in [0.717, 1.165) is 13.0 Å². The fourth-order valence-electron chi connectivity index (χ4n) is 1.64. The van der Waals surface area contributed by atoms with Crippen molar-refractivity contribution in [2.75, 3.05) is 6.54 Å². The highest BCUT2D eigenvalue weighted by Crippen LogP contribution is 2.23. The summed E-state index contributed by atoms with van der Waals surface area (Å²) in [4.78, 5) is 1.41. The van der Waals surface area contributed by atoms with Crippen molar-refractivity contribution in [3.63, 3.8) is 0 Å². The number of allylic oxidation sites excluding steroid dienone is 1. The van der Waals surface area contributed by atoms with E-state index >= 15 is 0 Å². The van der Waals surface area contributed by atoms with Gasteiger partial charge in [0.2, 0.25) is 0 Å². The molecule has 0 aromatic carbocycles. The van der Waals surface area contributed by atoms with Crippen molar-refractivity contribution in [3.8, 4) is 0 Å². The van der Waals surface area contributed by atoms with Crippen LogP contribution in [-0.4, -0.2) is 12.1 Å². The average Bonchev–Trinajstić information content (AvgIpc) is 2.57. The van der Waals surface area contributed by atoms with Gasteiger partial charge >= 0.3 is 0 Å². The Morgan fingerprint density at radius 3 is 2.62 bits per heavy atom. The molecule has 0 unspecified atom stereocenters. The van der Waals surface area contributed by atoms with Gasteiger partial charge in [0.1, 0.15) is 0 Å². The van der Waals surface area contributed by atoms with Crippen molar-refractivity contribution >= 4 is 16.9 Å². The van der Waals surface area contributed by atoms with Crippen molar-refractivity contribution < 1.29 is 0 Å². The smallest absolute Gasteiger partial charge is 0.00966 e. The summed E-state index contributed by atoms with van der Waals surface area (Å²) in [7, 11) is 0. The molecule has 0 spiro atoms. The zero-order valence-electron chi connectivity index (χ0n) is 11.1. The zero-order chi connectivity index (χ0) is 12.2. The molecule has 1 aromatic heterocycles. The maximum absolute atomic E-state index is 3.50. The van der Waals surface area contributed by atoms with Gasteiger partial charge in [0, 0.05) is 10.4 Å². The van der Waals surface area contributed by atoms with Gasteiger partial charge in [-0.1, -0.05) is 6.08 Å². The molecule has 1 heterocycles. The SMILES string of the molecule is C/C(=C/CCNC(C)(C)C)c1ccsc1C. The van der Waals surface area contributed by atoms with E-state index in [9.17, 15) is 0 Å². The molecule has 0 aliphatic carbocycles. The molecule has 2 heteroatoms. The normalized spacial score (nSPS) is 13.2. The lowest BCUT2D eigenvalue weighted by atomic mass is 10.1. The highest BCUT2D eigenvalue weighted by atomic mass is 32.1. The summed E-state index contributed by atoms with van der Waals surface area (Å²) in [5.74, 6) is 0. The molecule has 0 aliphatic heterocycles. The summed E-state index contributed by atoms with van der Waals surface area (Å²) < 4.78 is 0. The molecule has 16 heavy (non-hydrogen) atoms. The molecule has 0 atom stereocenters. The van der Waals surface area contributed by atoms with Crippen LogP contribution >= 0.6 is 11.3 Å². The number of rotatable bonds is 4. The molecule has 0 radical (unpaired) electrons. The molecule has 0 fully saturated rings. The van der Waals surface area contributed by atoms with Crippen molar-refractivity contribution in [2.24, 2.45) is 0 Å². The molecule has 1 aromatic rings. The number of thiophene rings is 1. The lowest BCUT2D eigenvalue weighted by Crippen LogP contribution is -2.36. The minimum Gasteiger partial charge on any atom is -0.312 e. The highest BCUT2D eigenvalue weighted by Gasteiger charge is 2.06. The summed E-state index contributed by atoms with van der Waals surface area (Å²) in [6, 6.07) is 2.21. The number of hydrogen-bond acceptors (Lipinski definition) is 2. The van der Waals surface area contributed by atoms with Gasteiger partial charge in [0.15, 0.2) is 0 Å². The van der Waals surface area contributed by atoms with Crippen LogP contribution in [0.15, 0.2) is 17.5 Å². The largest absolute Gasteiger partial charge is 0.312 e. The first kappa shape index (κ1) is 13.5. The average molecular weight is 237 g/mol. The van der Waals surface area contributed by atoms with Crippen LogP contribution in [0.2, 0.25) is 0 Å². The lowest BCUT2D eigenvalue weighted by Gasteiger charge is -2.19. The molecule has 0 amide bonds. The predicted octanol–water partition coefficient (Wildman–Crippen LogP) is 4.24. The van der Waals surface area contributed by atoms with Gasteiger partial charge in [-0.2, -0.15) is 0 Å². The van der Waals surface area contributed by atoms with Crippen molar-refractivity contribution in [3.05, 3.63) is 28.0 Å². The van der Waals surface area contributed by atoms with Crippen LogP contribution in [0.3, 0.4) is 0 Å². The molecular formula is C14H23NS. The second kappa shape index (κ2) is 5.65. The van der Waals surface area contributed by atoms with Gasteiger partial charge in [-0.05, 0) is 70.2 Å². The van der Waals surface area contributed by atoms with Crippen LogP contribution < -0.4 is 5.32 Å². The standard InChI is InChI=1S/C14H23NS/c1-11(13-8-10-16-12(13)2)7-6-9-15-14(3,4)5/h7-8,10,15H,6,9H2,1-5H3/b11-7-. The molecule has 0 saturated heterocycles. The predicted molar refractivity (Wildman–Crippen MR) is 75.1 cm³/mol. The van der Waals surface area contributed by atoms with Crippen molar-refractivity contribution in [1.29, 1.82) is 0 Å². The van der Waals surface area contributed by atoms with E-state index in [1.165, 1.54) is 16.0 Å². The molecule has 90 valence electrons. The van der Waals surface area contributed by atoms with E-state index < -0.39 is 0 Å². The fraction of sp³-hybridized carbons (Fsp3) is 0.571. The first-order valence-electron chi connectivity index (χ1n) is 5.86. The van der Waals surface area contributed by atoms with E-state index in [1.807, 2.05) is 11.3 Å². The van der Waals surface area contributed by atoms with E-state index in [1.54, 1.807) is 0 Å². The van der Waals surface area contributed by atoms with Gasteiger partial charge in [-0.3, -0.25) is 0 Å². The fourth-order valence-corrected chi connectivity index (χ4v) is 2.40. The van der Waals surface area contributed by atoms with Crippen molar-refractivity contribution in [1.82, 2.24) is 5.32 Å². The Bertz CT molecular complexity index is 355. The maximum Gasteiger partial charge on any atom is 0.00966 e. The molecule has 0 aliphatic rings. The Labute approximate surface area is 104 Å². The van der Waals surface area contributed by atoms with Crippen LogP contribution in [0.1, 0.15) is 44.6 Å². The van der Waals surface area contributed by atoms with Gasteiger partial charge in [0.25, 0.3) is 0 Å². The third kappa shape index (κ3) is 4.50. The second-order valence-corrected chi connectivity index (χ2v) is 6.36. The summed E-state index contributed by atoms with van der Waals surface area (Å²) in [6.45, 7) is 12.0. The Morgan fingerprint density at radius 2 is 2.12 bits per heavy atom. The third-order valence-electron chi connectivity index (χ3n) is 2.53. The van der Waals surface area contributed by atoms with Crippen LogP contribution in [-0.2, 0) is 0 Å². The number of hydrogen-bond donors (Lipinski definition) is 1. The Morgan fingerprint density at radius 1 is 1.44 bits per heavy atom. The summed E-state index contributed by atoms with van der Waals surface area (Å²) in [6.07, 6.45) is 3.42. The molecule has 1 nitrogen and oxygen atoms in total. The molecule has 1 N–H and O–H groups in total. The first-order valence-corrected chi connectivity index (χ1v) is 6.74.